The molecule has 0 aliphatic carbocycles. The van der Waals surface area contributed by atoms with Gasteiger partial charge in [0, 0.05) is 18.2 Å². The largest absolute Gasteiger partial charge is 0.497 e. The van der Waals surface area contributed by atoms with Gasteiger partial charge >= 0.3 is 6.18 Å². The lowest BCUT2D eigenvalue weighted by Crippen LogP contribution is -2.15. The Bertz CT molecular complexity index is 1000. The van der Waals surface area contributed by atoms with Crippen LogP contribution in [0.1, 0.15) is 11.1 Å². The van der Waals surface area contributed by atoms with E-state index in [-0.39, 0.29) is 18.1 Å². The monoisotopic (exact) mass is 375 g/mol. The Hall–Kier alpha value is -3.29. The van der Waals surface area contributed by atoms with Gasteiger partial charge in [-0.3, -0.25) is 9.78 Å². The minimum atomic E-state index is -4.46. The summed E-state index contributed by atoms with van der Waals surface area (Å²) < 4.78 is 44.4. The van der Waals surface area contributed by atoms with Gasteiger partial charge in [0.2, 0.25) is 5.95 Å². The Labute approximate surface area is 152 Å². The predicted octanol–water partition coefficient (Wildman–Crippen LogP) is 4.08. The van der Waals surface area contributed by atoms with Crippen molar-refractivity contribution >= 4 is 5.95 Å². The molecule has 5 nitrogen and oxygen atoms in total. The predicted molar refractivity (Wildman–Crippen MR) is 95.6 cm³/mol. The van der Waals surface area contributed by atoms with Crippen LogP contribution in [0.4, 0.5) is 19.1 Å². The second-order valence-electron chi connectivity index (χ2n) is 5.72. The molecule has 140 valence electrons. The number of nitrogens with one attached hydrogen (secondary N) is 2. The minimum Gasteiger partial charge on any atom is -0.497 e. The molecule has 3 aromatic rings. The number of aromatic nitrogens is 2. The zero-order chi connectivity index (χ0) is 19.4. The van der Waals surface area contributed by atoms with E-state index in [0.29, 0.717) is 17.0 Å². The highest BCUT2D eigenvalue weighted by atomic mass is 19.4. The fourth-order valence-corrected chi connectivity index (χ4v) is 2.60. The summed E-state index contributed by atoms with van der Waals surface area (Å²) in [4.78, 5) is 18.7. The molecule has 1 heterocycles. The second kappa shape index (κ2) is 7.53. The molecule has 2 N–H and O–H groups in total. The van der Waals surface area contributed by atoms with E-state index in [0.717, 1.165) is 6.07 Å². The van der Waals surface area contributed by atoms with Crippen LogP contribution < -0.4 is 15.6 Å². The topological polar surface area (TPSA) is 67.0 Å². The molecule has 0 saturated carbocycles. The number of aromatic amines is 1. The molecule has 0 radical (unpaired) electrons. The molecule has 0 amide bonds. The van der Waals surface area contributed by atoms with E-state index in [4.69, 9.17) is 4.74 Å². The van der Waals surface area contributed by atoms with Crippen molar-refractivity contribution in [3.63, 3.8) is 0 Å². The van der Waals surface area contributed by atoms with E-state index < -0.39 is 17.3 Å². The standard InChI is InChI=1S/C19H16F3N3O2/c1-27-14-7-4-6-12(9-14)16-10-17(26)25-18(24-16)23-11-13-5-2-3-8-15(13)19(20,21)22/h2-10H,11H2,1H3,(H2,23,24,25,26). The summed E-state index contributed by atoms with van der Waals surface area (Å²) in [5.74, 6) is 0.681. The Morgan fingerprint density at radius 1 is 1.11 bits per heavy atom. The molecular formula is C19H16F3N3O2. The first kappa shape index (κ1) is 18.5. The zero-order valence-corrected chi connectivity index (χ0v) is 14.3. The summed E-state index contributed by atoms with van der Waals surface area (Å²) >= 11 is 0. The third-order valence-electron chi connectivity index (χ3n) is 3.88. The first-order chi connectivity index (χ1) is 12.9. The first-order valence-electron chi connectivity index (χ1n) is 8.01. The number of rotatable bonds is 5. The summed E-state index contributed by atoms with van der Waals surface area (Å²) in [5.41, 5.74) is -0.0684. The van der Waals surface area contributed by atoms with Gasteiger partial charge in [0.15, 0.2) is 0 Å². The molecule has 0 atom stereocenters. The van der Waals surface area contributed by atoms with Crippen molar-refractivity contribution in [2.45, 2.75) is 12.7 Å². The maximum absolute atomic E-state index is 13.1. The van der Waals surface area contributed by atoms with Crippen LogP contribution in [0.2, 0.25) is 0 Å². The summed E-state index contributed by atoms with van der Waals surface area (Å²) in [7, 11) is 1.52. The fraction of sp³-hybridized carbons (Fsp3) is 0.158. The van der Waals surface area contributed by atoms with Gasteiger partial charge in [-0.2, -0.15) is 13.2 Å². The SMILES string of the molecule is COc1cccc(-c2cc(=O)[nH]c(NCc3ccccc3C(F)(F)F)n2)c1. The molecule has 0 bridgehead atoms. The summed E-state index contributed by atoms with van der Waals surface area (Å²) in [6.07, 6.45) is -4.46. The molecule has 0 fully saturated rings. The average molecular weight is 375 g/mol. The van der Waals surface area contributed by atoms with E-state index in [1.54, 1.807) is 24.3 Å². The Morgan fingerprint density at radius 3 is 2.63 bits per heavy atom. The quantitative estimate of drug-likeness (QED) is 0.705. The number of benzene rings is 2. The van der Waals surface area contributed by atoms with Gasteiger partial charge in [-0.25, -0.2) is 4.98 Å². The van der Waals surface area contributed by atoms with Gasteiger partial charge in [0.25, 0.3) is 5.56 Å². The molecule has 0 spiro atoms. The van der Waals surface area contributed by atoms with E-state index in [2.05, 4.69) is 15.3 Å². The summed E-state index contributed by atoms with van der Waals surface area (Å²) in [6, 6.07) is 13.5. The van der Waals surface area contributed by atoms with E-state index in [1.165, 1.54) is 31.4 Å². The number of alkyl halides is 3. The highest BCUT2D eigenvalue weighted by Crippen LogP contribution is 2.32. The van der Waals surface area contributed by atoms with Crippen LogP contribution in [0.5, 0.6) is 5.75 Å². The van der Waals surface area contributed by atoms with E-state index in [9.17, 15) is 18.0 Å². The molecule has 0 aliphatic rings. The number of nitrogens with zero attached hydrogens (tertiary/aromatic N) is 1. The molecule has 8 heteroatoms. The Morgan fingerprint density at radius 2 is 1.89 bits per heavy atom. The average Bonchev–Trinajstić information content (AvgIpc) is 2.65. The molecule has 3 rings (SSSR count). The molecular weight excluding hydrogens is 359 g/mol. The highest BCUT2D eigenvalue weighted by molar-refractivity contribution is 5.62. The maximum atomic E-state index is 13.1. The van der Waals surface area contributed by atoms with Crippen molar-refractivity contribution in [3.8, 4) is 17.0 Å². The summed E-state index contributed by atoms with van der Waals surface area (Å²) in [6.45, 7) is -0.139. The normalized spacial score (nSPS) is 11.3. The van der Waals surface area contributed by atoms with Crippen LogP contribution in [-0.4, -0.2) is 17.1 Å². The number of halogens is 3. The van der Waals surface area contributed by atoms with Gasteiger partial charge in [-0.15, -0.1) is 0 Å². The molecule has 0 saturated heterocycles. The first-order valence-corrected chi connectivity index (χ1v) is 8.01. The lowest BCUT2D eigenvalue weighted by molar-refractivity contribution is -0.138. The smallest absolute Gasteiger partial charge is 0.416 e. The third-order valence-corrected chi connectivity index (χ3v) is 3.88. The number of hydrogen-bond donors (Lipinski definition) is 2. The van der Waals surface area contributed by atoms with Gasteiger partial charge in [0.05, 0.1) is 18.4 Å². The zero-order valence-electron chi connectivity index (χ0n) is 14.3. The Kier molecular flexibility index (Phi) is 5.16. The van der Waals surface area contributed by atoms with E-state index >= 15 is 0 Å². The van der Waals surface area contributed by atoms with E-state index in [1.807, 2.05) is 0 Å². The summed E-state index contributed by atoms with van der Waals surface area (Å²) in [5, 5.41) is 2.76. The van der Waals surface area contributed by atoms with Crippen LogP contribution >= 0.6 is 0 Å². The van der Waals surface area contributed by atoms with Crippen LogP contribution in [0.25, 0.3) is 11.3 Å². The Balaban J connectivity index is 1.87. The lowest BCUT2D eigenvalue weighted by Gasteiger charge is -2.13. The van der Waals surface area contributed by atoms with Crippen LogP contribution in [0.15, 0.2) is 59.4 Å². The van der Waals surface area contributed by atoms with Crippen molar-refractivity contribution in [2.75, 3.05) is 12.4 Å². The van der Waals surface area contributed by atoms with Gasteiger partial charge in [-0.1, -0.05) is 30.3 Å². The lowest BCUT2D eigenvalue weighted by atomic mass is 10.1. The van der Waals surface area contributed by atoms with Crippen LogP contribution in [0.3, 0.4) is 0 Å². The highest BCUT2D eigenvalue weighted by Gasteiger charge is 2.32. The number of anilines is 1. The third kappa shape index (κ3) is 4.46. The number of ether oxygens (including phenoxy) is 1. The number of methoxy groups -OCH3 is 1. The number of hydrogen-bond acceptors (Lipinski definition) is 4. The van der Waals surface area contributed by atoms with Crippen molar-refractivity contribution in [2.24, 2.45) is 0 Å². The molecule has 0 unspecified atom stereocenters. The second-order valence-corrected chi connectivity index (χ2v) is 5.72. The van der Waals surface area contributed by atoms with Gasteiger partial charge in [-0.05, 0) is 23.8 Å². The molecule has 27 heavy (non-hydrogen) atoms. The fourth-order valence-electron chi connectivity index (χ4n) is 2.60. The van der Waals surface area contributed by atoms with Crippen molar-refractivity contribution in [1.29, 1.82) is 0 Å². The maximum Gasteiger partial charge on any atom is 0.416 e. The van der Waals surface area contributed by atoms with Gasteiger partial charge < -0.3 is 10.1 Å². The molecule has 2 aromatic carbocycles. The minimum absolute atomic E-state index is 0.0550. The van der Waals surface area contributed by atoms with Crippen molar-refractivity contribution in [1.82, 2.24) is 9.97 Å². The molecule has 0 aliphatic heterocycles. The van der Waals surface area contributed by atoms with Crippen molar-refractivity contribution in [3.05, 3.63) is 76.1 Å². The molecule has 1 aromatic heterocycles. The van der Waals surface area contributed by atoms with Gasteiger partial charge in [0.1, 0.15) is 5.75 Å². The van der Waals surface area contributed by atoms with Crippen LogP contribution in [0, 0.1) is 0 Å². The van der Waals surface area contributed by atoms with Crippen LogP contribution in [-0.2, 0) is 12.7 Å². The van der Waals surface area contributed by atoms with Crippen molar-refractivity contribution < 1.29 is 17.9 Å². The number of H-pyrrole nitrogens is 1.